The van der Waals surface area contributed by atoms with E-state index in [0.717, 1.165) is 47.4 Å². The molecule has 2 saturated carbocycles. The quantitative estimate of drug-likeness (QED) is 0.238. The highest BCUT2D eigenvalue weighted by atomic mass is 35.5. The largest absolute Gasteiger partial charge is 0.383 e. The summed E-state index contributed by atoms with van der Waals surface area (Å²) in [5.41, 5.74) is 2.85. The van der Waals surface area contributed by atoms with Crippen LogP contribution in [-0.2, 0) is 16.9 Å². The zero-order valence-electron chi connectivity index (χ0n) is 22.7. The number of nitrogens with zero attached hydrogens (tertiary/aromatic N) is 3. The minimum atomic E-state index is -1.20. The van der Waals surface area contributed by atoms with Crippen LogP contribution in [0.15, 0.2) is 34.9 Å². The average Bonchev–Trinajstić information content (AvgIpc) is 3.53. The Morgan fingerprint density at radius 3 is 2.80 bits per heavy atom. The number of nitriles is 1. The van der Waals surface area contributed by atoms with E-state index in [1.807, 2.05) is 31.2 Å². The summed E-state index contributed by atoms with van der Waals surface area (Å²) >= 11 is 7.87. The van der Waals surface area contributed by atoms with E-state index in [1.165, 1.54) is 17.4 Å². The van der Waals surface area contributed by atoms with Gasteiger partial charge in [0.2, 0.25) is 0 Å². The zero-order valence-corrected chi connectivity index (χ0v) is 24.3. The summed E-state index contributed by atoms with van der Waals surface area (Å²) in [5, 5.41) is 26.7. The van der Waals surface area contributed by atoms with Gasteiger partial charge in [-0.3, -0.25) is 0 Å². The Hall–Kier alpha value is -2.83. The second-order valence-electron chi connectivity index (χ2n) is 11.4. The van der Waals surface area contributed by atoms with Crippen LogP contribution in [0, 0.1) is 35.9 Å². The Morgan fingerprint density at radius 1 is 1.30 bits per heavy atom. The zero-order chi connectivity index (χ0) is 28.2. The molecule has 6 rings (SSSR count). The number of rotatable bonds is 7. The molecule has 4 aromatic rings. The van der Waals surface area contributed by atoms with Crippen molar-refractivity contribution >= 4 is 33.2 Å². The van der Waals surface area contributed by atoms with Crippen LogP contribution in [0.3, 0.4) is 0 Å². The van der Waals surface area contributed by atoms with Crippen molar-refractivity contribution in [3.8, 4) is 17.3 Å². The predicted molar refractivity (Wildman–Crippen MR) is 153 cm³/mol. The molecule has 208 valence electrons. The smallest absolute Gasteiger partial charge is 0.151 e. The van der Waals surface area contributed by atoms with Crippen molar-refractivity contribution in [1.29, 1.82) is 5.26 Å². The molecule has 6 nitrogen and oxygen atoms in total. The first-order valence-corrected chi connectivity index (χ1v) is 15.0. The topological polar surface area (TPSA) is 92.2 Å². The van der Waals surface area contributed by atoms with Crippen molar-refractivity contribution in [1.82, 2.24) is 10.1 Å². The van der Waals surface area contributed by atoms with E-state index in [9.17, 15) is 14.8 Å². The highest BCUT2D eigenvalue weighted by molar-refractivity contribution is 7.18. The number of ether oxygens (including phenoxy) is 1. The first kappa shape index (κ1) is 27.3. The SMILES string of the molecule is CCC1CC(O)(c2nc3c(F)cc(C#N)cc3s2)C[C@H](C)C1OCc1c(-c2c(C)cccc2Cl)noc1C1CC1. The number of aliphatic hydroxyl groups is 1. The maximum absolute atomic E-state index is 14.6. The molecule has 1 N–H and O–H groups in total. The van der Waals surface area contributed by atoms with E-state index in [2.05, 4.69) is 24.0 Å². The summed E-state index contributed by atoms with van der Waals surface area (Å²) in [4.78, 5) is 4.51. The number of thiazole rings is 1. The second-order valence-corrected chi connectivity index (χ2v) is 12.8. The van der Waals surface area contributed by atoms with Gasteiger partial charge in [0.05, 0.1) is 34.1 Å². The minimum absolute atomic E-state index is 0.0185. The molecular formula is C31H31ClFN3O3S. The number of hydrogen-bond acceptors (Lipinski definition) is 7. The van der Waals surface area contributed by atoms with Crippen LogP contribution < -0.4 is 0 Å². The van der Waals surface area contributed by atoms with E-state index in [0.29, 0.717) is 40.1 Å². The van der Waals surface area contributed by atoms with Gasteiger partial charge in [0.25, 0.3) is 0 Å². The fourth-order valence-corrected chi connectivity index (χ4v) is 7.72. The van der Waals surface area contributed by atoms with Gasteiger partial charge in [-0.1, -0.05) is 49.2 Å². The van der Waals surface area contributed by atoms with Gasteiger partial charge in [-0.05, 0) is 68.2 Å². The molecular weight excluding hydrogens is 549 g/mol. The predicted octanol–water partition coefficient (Wildman–Crippen LogP) is 8.03. The molecule has 4 atom stereocenters. The molecule has 0 radical (unpaired) electrons. The van der Waals surface area contributed by atoms with Crippen LogP contribution >= 0.6 is 22.9 Å². The minimum Gasteiger partial charge on any atom is -0.383 e. The third kappa shape index (κ3) is 4.83. The maximum Gasteiger partial charge on any atom is 0.151 e. The van der Waals surface area contributed by atoms with Gasteiger partial charge in [0.1, 0.15) is 27.6 Å². The van der Waals surface area contributed by atoms with Crippen LogP contribution in [-0.4, -0.2) is 21.4 Å². The summed E-state index contributed by atoms with van der Waals surface area (Å²) in [6.45, 7) is 6.56. The van der Waals surface area contributed by atoms with Gasteiger partial charge in [0.15, 0.2) is 5.82 Å². The van der Waals surface area contributed by atoms with E-state index in [4.69, 9.17) is 20.9 Å². The number of benzene rings is 2. The van der Waals surface area contributed by atoms with E-state index < -0.39 is 11.4 Å². The van der Waals surface area contributed by atoms with Crippen LogP contribution in [0.2, 0.25) is 5.02 Å². The normalized spacial score (nSPS) is 24.9. The highest BCUT2D eigenvalue weighted by Gasteiger charge is 2.46. The lowest BCUT2D eigenvalue weighted by molar-refractivity contribution is -0.126. The molecule has 2 heterocycles. The Kier molecular flexibility index (Phi) is 7.20. The molecule has 0 bridgehead atoms. The molecule has 2 aliphatic carbocycles. The molecule has 40 heavy (non-hydrogen) atoms. The molecule has 0 spiro atoms. The first-order valence-electron chi connectivity index (χ1n) is 13.8. The van der Waals surface area contributed by atoms with Crippen molar-refractivity contribution in [3.05, 3.63) is 68.6 Å². The van der Waals surface area contributed by atoms with Gasteiger partial charge >= 0.3 is 0 Å². The van der Waals surface area contributed by atoms with Crippen molar-refractivity contribution in [3.63, 3.8) is 0 Å². The molecule has 2 fully saturated rings. The number of aromatic nitrogens is 2. The number of hydrogen-bond donors (Lipinski definition) is 1. The summed E-state index contributed by atoms with van der Waals surface area (Å²) < 4.78 is 27.7. The van der Waals surface area contributed by atoms with E-state index >= 15 is 0 Å². The second kappa shape index (κ2) is 10.5. The van der Waals surface area contributed by atoms with Gasteiger partial charge in [-0.2, -0.15) is 5.26 Å². The Labute approximate surface area is 241 Å². The number of halogens is 2. The van der Waals surface area contributed by atoms with Crippen molar-refractivity contribution in [2.45, 2.75) is 77.1 Å². The highest BCUT2D eigenvalue weighted by Crippen LogP contribution is 2.49. The molecule has 2 aromatic heterocycles. The third-order valence-corrected chi connectivity index (χ3v) is 9.94. The first-order chi connectivity index (χ1) is 19.2. The number of aryl methyl sites for hydroxylation is 1. The van der Waals surface area contributed by atoms with Crippen LogP contribution in [0.5, 0.6) is 0 Å². The summed E-state index contributed by atoms with van der Waals surface area (Å²) in [7, 11) is 0. The lowest BCUT2D eigenvalue weighted by atomic mass is 9.70. The van der Waals surface area contributed by atoms with E-state index in [-0.39, 0.29) is 29.0 Å². The molecule has 2 aliphatic rings. The molecule has 0 aliphatic heterocycles. The average molecular weight is 580 g/mol. The van der Waals surface area contributed by atoms with Crippen molar-refractivity contribution in [2.75, 3.05) is 0 Å². The third-order valence-electron chi connectivity index (χ3n) is 8.43. The van der Waals surface area contributed by atoms with Crippen LogP contribution in [0.1, 0.15) is 79.3 Å². The summed E-state index contributed by atoms with van der Waals surface area (Å²) in [6, 6.07) is 10.6. The van der Waals surface area contributed by atoms with Gasteiger partial charge < -0.3 is 14.4 Å². The van der Waals surface area contributed by atoms with Gasteiger partial charge in [-0.15, -0.1) is 11.3 Å². The fourth-order valence-electron chi connectivity index (χ4n) is 6.29. The monoisotopic (exact) mass is 579 g/mol. The summed E-state index contributed by atoms with van der Waals surface area (Å²) in [5.74, 6) is 0.789. The van der Waals surface area contributed by atoms with Crippen molar-refractivity contribution in [2.24, 2.45) is 11.8 Å². The molecule has 0 saturated heterocycles. The summed E-state index contributed by atoms with van der Waals surface area (Å²) in [6.07, 6.45) is 3.77. The van der Waals surface area contributed by atoms with Gasteiger partial charge in [0, 0.05) is 17.0 Å². The maximum atomic E-state index is 14.6. The fraction of sp³-hybridized carbons (Fsp3) is 0.452. The molecule has 0 amide bonds. The van der Waals surface area contributed by atoms with Crippen LogP contribution in [0.25, 0.3) is 21.5 Å². The molecule has 9 heteroatoms. The van der Waals surface area contributed by atoms with Crippen molar-refractivity contribution < 1.29 is 18.8 Å². The lowest BCUT2D eigenvalue weighted by Gasteiger charge is -2.44. The molecule has 2 aromatic carbocycles. The van der Waals surface area contributed by atoms with E-state index in [1.54, 1.807) is 6.07 Å². The Bertz CT molecular complexity index is 1600. The molecule has 3 unspecified atom stereocenters. The number of fused-ring (bicyclic) bond motifs is 1. The standard InChI is InChI=1S/C31H31ClFN3O3S/c1-4-19-13-31(37,30-35-27-23(33)10-18(14-34)11-24(27)40-30)12-17(3)28(19)38-15-21-26(36-39-29(21)20-8-9-20)25-16(2)6-5-7-22(25)32/h5-7,10-11,17,19-20,28,37H,4,8-9,12-13,15H2,1-3H3/t17-,19?,28?,31?/m0/s1. The Balaban J connectivity index is 1.27. The van der Waals surface area contributed by atoms with Crippen LogP contribution in [0.4, 0.5) is 4.39 Å². The lowest BCUT2D eigenvalue weighted by Crippen LogP contribution is -2.45. The Morgan fingerprint density at radius 2 is 2.10 bits per heavy atom. The van der Waals surface area contributed by atoms with Gasteiger partial charge in [-0.25, -0.2) is 9.37 Å².